The molecule has 1 fully saturated rings. The molecule has 1 saturated heterocycles. The third kappa shape index (κ3) is 3.93. The number of benzene rings is 1. The summed E-state index contributed by atoms with van der Waals surface area (Å²) in [6.45, 7) is 9.38. The molecule has 100 valence electrons. The van der Waals surface area contributed by atoms with Crippen LogP contribution in [0.4, 0.5) is 0 Å². The lowest BCUT2D eigenvalue weighted by Gasteiger charge is -2.16. The van der Waals surface area contributed by atoms with E-state index in [0.29, 0.717) is 5.92 Å². The minimum absolute atomic E-state index is 0.636. The van der Waals surface area contributed by atoms with Crippen LogP contribution in [-0.4, -0.2) is 18.0 Å². The lowest BCUT2D eigenvalue weighted by atomic mass is 9.98. The first-order valence-electron chi connectivity index (χ1n) is 7.05. The highest BCUT2D eigenvalue weighted by Crippen LogP contribution is 2.25. The predicted octanol–water partition coefficient (Wildman–Crippen LogP) is 4.20. The van der Waals surface area contributed by atoms with Gasteiger partial charge in [-0.1, -0.05) is 61.2 Å². The van der Waals surface area contributed by atoms with Crippen LogP contribution in [-0.2, 0) is 6.54 Å². The number of allylic oxidation sites excluding steroid dienone is 4. The second-order valence-corrected chi connectivity index (χ2v) is 5.10. The molecule has 1 heterocycles. The predicted molar refractivity (Wildman–Crippen MR) is 82.9 cm³/mol. The Bertz CT molecular complexity index is 456. The summed E-state index contributed by atoms with van der Waals surface area (Å²) in [5.41, 5.74) is 2.77. The zero-order valence-corrected chi connectivity index (χ0v) is 11.8. The van der Waals surface area contributed by atoms with E-state index < -0.39 is 0 Å². The highest BCUT2D eigenvalue weighted by atomic mass is 15.1. The lowest BCUT2D eigenvalue weighted by molar-refractivity contribution is 0.323. The largest absolute Gasteiger partial charge is 0.298 e. The molecule has 1 nitrogen and oxygen atoms in total. The molecule has 0 N–H and O–H groups in total. The molecule has 0 saturated carbocycles. The van der Waals surface area contributed by atoms with Gasteiger partial charge < -0.3 is 0 Å². The van der Waals surface area contributed by atoms with Crippen molar-refractivity contribution in [3.63, 3.8) is 0 Å². The highest BCUT2D eigenvalue weighted by Gasteiger charge is 2.23. The van der Waals surface area contributed by atoms with Crippen LogP contribution in [0.15, 0.2) is 66.8 Å². The molecule has 0 radical (unpaired) electrons. The van der Waals surface area contributed by atoms with E-state index in [1.54, 1.807) is 0 Å². The van der Waals surface area contributed by atoms with E-state index in [0.717, 1.165) is 13.1 Å². The Kier molecular flexibility index (Phi) is 5.17. The first-order chi connectivity index (χ1) is 9.33. The molecule has 19 heavy (non-hydrogen) atoms. The fourth-order valence-electron chi connectivity index (χ4n) is 2.67. The summed E-state index contributed by atoms with van der Waals surface area (Å²) in [7, 11) is 0. The van der Waals surface area contributed by atoms with Crippen molar-refractivity contribution in [3.8, 4) is 0 Å². The van der Waals surface area contributed by atoms with E-state index >= 15 is 0 Å². The van der Waals surface area contributed by atoms with Gasteiger partial charge in [0.15, 0.2) is 0 Å². The van der Waals surface area contributed by atoms with Crippen LogP contribution in [0.2, 0.25) is 0 Å². The van der Waals surface area contributed by atoms with Crippen LogP contribution in [0.3, 0.4) is 0 Å². The van der Waals surface area contributed by atoms with Crippen LogP contribution in [0.25, 0.3) is 0 Å². The highest BCUT2D eigenvalue weighted by molar-refractivity contribution is 5.26. The molecule has 1 aromatic rings. The van der Waals surface area contributed by atoms with Gasteiger partial charge >= 0.3 is 0 Å². The van der Waals surface area contributed by atoms with E-state index in [1.807, 2.05) is 13.0 Å². The normalized spacial score (nSPS) is 21.1. The number of nitrogens with zero attached hydrogens (tertiary/aromatic N) is 1. The summed E-state index contributed by atoms with van der Waals surface area (Å²) < 4.78 is 0. The molecule has 1 heteroatoms. The Morgan fingerprint density at radius 2 is 2.16 bits per heavy atom. The van der Waals surface area contributed by atoms with Crippen LogP contribution >= 0.6 is 0 Å². The average molecular weight is 253 g/mol. The molecule has 0 spiro atoms. The van der Waals surface area contributed by atoms with Gasteiger partial charge in [0.2, 0.25) is 0 Å². The number of hydrogen-bond acceptors (Lipinski definition) is 1. The first kappa shape index (κ1) is 13.8. The molecule has 1 unspecified atom stereocenters. The fourth-order valence-corrected chi connectivity index (χ4v) is 2.67. The maximum absolute atomic E-state index is 3.95. The summed E-state index contributed by atoms with van der Waals surface area (Å²) >= 11 is 0. The molecule has 0 aromatic heterocycles. The van der Waals surface area contributed by atoms with Crippen molar-refractivity contribution < 1.29 is 0 Å². The van der Waals surface area contributed by atoms with Gasteiger partial charge in [-0.15, -0.1) is 0 Å². The van der Waals surface area contributed by atoms with E-state index in [4.69, 9.17) is 0 Å². The van der Waals surface area contributed by atoms with Crippen LogP contribution < -0.4 is 0 Å². The molecule has 0 amide bonds. The Morgan fingerprint density at radius 1 is 1.37 bits per heavy atom. The summed E-state index contributed by atoms with van der Waals surface area (Å²) in [5.74, 6) is 0.636. The van der Waals surface area contributed by atoms with Crippen molar-refractivity contribution in [1.29, 1.82) is 0 Å². The summed E-state index contributed by atoms with van der Waals surface area (Å²) in [4.78, 5) is 2.53. The smallest absolute Gasteiger partial charge is 0.0233 e. The number of hydrogen-bond donors (Lipinski definition) is 0. The topological polar surface area (TPSA) is 3.24 Å². The lowest BCUT2D eigenvalue weighted by Crippen LogP contribution is -2.20. The second-order valence-electron chi connectivity index (χ2n) is 5.10. The van der Waals surface area contributed by atoms with Crippen molar-refractivity contribution in [3.05, 3.63) is 72.4 Å². The first-order valence-corrected chi connectivity index (χ1v) is 7.05. The van der Waals surface area contributed by atoms with Gasteiger partial charge in [0, 0.05) is 13.1 Å². The fraction of sp³-hybridized carbons (Fsp3) is 0.333. The van der Waals surface area contributed by atoms with Gasteiger partial charge in [-0.25, -0.2) is 0 Å². The summed E-state index contributed by atoms with van der Waals surface area (Å²) in [6, 6.07) is 10.7. The molecule has 0 aliphatic carbocycles. The standard InChI is InChI=1S/C18H23N/c1-3-5-11-17(4-2)18-12-13-19(15-18)14-16-9-7-6-8-10-16/h3-11,18H,2,12-15H2,1H3/b5-3-,17-11+. The van der Waals surface area contributed by atoms with E-state index in [1.165, 1.54) is 24.1 Å². The Morgan fingerprint density at radius 3 is 2.84 bits per heavy atom. The van der Waals surface area contributed by atoms with Crippen LogP contribution in [0.1, 0.15) is 18.9 Å². The van der Waals surface area contributed by atoms with E-state index in [-0.39, 0.29) is 0 Å². The molecule has 2 rings (SSSR count). The van der Waals surface area contributed by atoms with Crippen LogP contribution in [0, 0.1) is 5.92 Å². The van der Waals surface area contributed by atoms with Crippen molar-refractivity contribution in [2.24, 2.45) is 5.92 Å². The van der Waals surface area contributed by atoms with Crippen molar-refractivity contribution in [1.82, 2.24) is 4.90 Å². The monoisotopic (exact) mass is 253 g/mol. The van der Waals surface area contributed by atoms with Crippen molar-refractivity contribution in [2.45, 2.75) is 19.9 Å². The summed E-state index contributed by atoms with van der Waals surface area (Å²) in [6.07, 6.45) is 9.62. The maximum atomic E-state index is 3.95. The molecule has 1 aliphatic heterocycles. The third-order valence-electron chi connectivity index (χ3n) is 3.71. The third-order valence-corrected chi connectivity index (χ3v) is 3.71. The van der Waals surface area contributed by atoms with Gasteiger partial charge in [-0.3, -0.25) is 4.90 Å². The van der Waals surface area contributed by atoms with E-state index in [9.17, 15) is 0 Å². The number of rotatable bonds is 5. The van der Waals surface area contributed by atoms with Gasteiger partial charge in [-0.2, -0.15) is 0 Å². The van der Waals surface area contributed by atoms with Gasteiger partial charge in [0.25, 0.3) is 0 Å². The SMILES string of the molecule is C=C/C(=C\C=C/C)C1CCN(Cc2ccccc2)C1. The average Bonchev–Trinajstić information content (AvgIpc) is 2.89. The van der Waals surface area contributed by atoms with Gasteiger partial charge in [-0.05, 0) is 36.9 Å². The second kappa shape index (κ2) is 7.10. The zero-order chi connectivity index (χ0) is 13.5. The van der Waals surface area contributed by atoms with Crippen molar-refractivity contribution >= 4 is 0 Å². The summed E-state index contributed by atoms with van der Waals surface area (Å²) in [5, 5.41) is 0. The minimum atomic E-state index is 0.636. The Balaban J connectivity index is 1.94. The van der Waals surface area contributed by atoms with Gasteiger partial charge in [0.1, 0.15) is 0 Å². The molecular formula is C18H23N. The molecular weight excluding hydrogens is 230 g/mol. The molecule has 0 bridgehead atoms. The van der Waals surface area contributed by atoms with Crippen molar-refractivity contribution in [2.75, 3.05) is 13.1 Å². The minimum Gasteiger partial charge on any atom is -0.298 e. The molecule has 1 atom stereocenters. The Labute approximate surface area is 116 Å². The number of likely N-dealkylation sites (tertiary alicyclic amines) is 1. The van der Waals surface area contributed by atoms with Gasteiger partial charge in [0.05, 0.1) is 0 Å². The molecule has 1 aromatic carbocycles. The van der Waals surface area contributed by atoms with Crippen LogP contribution in [0.5, 0.6) is 0 Å². The zero-order valence-electron chi connectivity index (χ0n) is 11.8. The Hall–Kier alpha value is -1.60. The maximum Gasteiger partial charge on any atom is 0.0233 e. The quantitative estimate of drug-likeness (QED) is 0.711. The molecule has 1 aliphatic rings. The van der Waals surface area contributed by atoms with E-state index in [2.05, 4.69) is 60.0 Å².